The average Bonchev–Trinajstić information content (AvgIpc) is 2.39. The zero-order valence-corrected chi connectivity index (χ0v) is 14.4. The Kier molecular flexibility index (Phi) is 3.65. The normalized spacial score (nSPS) is 24.6. The maximum Gasteiger partial charge on any atom is 0.174 e. The molecule has 114 valence electrons. The molecule has 1 atom stereocenters. The van der Waals surface area contributed by atoms with Gasteiger partial charge in [0.1, 0.15) is 11.4 Å². The summed E-state index contributed by atoms with van der Waals surface area (Å²) >= 11 is 3.46. The summed E-state index contributed by atoms with van der Waals surface area (Å²) in [6.45, 7) is 8.25. The number of ketones is 1. The van der Waals surface area contributed by atoms with Gasteiger partial charge in [0.05, 0.1) is 11.5 Å². The van der Waals surface area contributed by atoms with Crippen molar-refractivity contribution in [1.82, 2.24) is 5.32 Å². The molecule has 2 aliphatic heterocycles. The number of halogens is 1. The van der Waals surface area contributed by atoms with Gasteiger partial charge in [-0.25, -0.2) is 0 Å². The van der Waals surface area contributed by atoms with Crippen LogP contribution in [0.15, 0.2) is 22.7 Å². The second kappa shape index (κ2) is 5.10. The van der Waals surface area contributed by atoms with Crippen LogP contribution in [-0.2, 0) is 0 Å². The van der Waals surface area contributed by atoms with Crippen molar-refractivity contribution in [2.45, 2.75) is 39.2 Å². The molecule has 0 bridgehead atoms. The Morgan fingerprint density at radius 2 is 1.95 bits per heavy atom. The summed E-state index contributed by atoms with van der Waals surface area (Å²) in [6.07, 6.45) is 1.77. The summed E-state index contributed by atoms with van der Waals surface area (Å²) in [5, 5.41) is 3.38. The van der Waals surface area contributed by atoms with Gasteiger partial charge in [0, 0.05) is 17.3 Å². The molecule has 1 spiro atoms. The summed E-state index contributed by atoms with van der Waals surface area (Å²) in [7, 11) is 0. The van der Waals surface area contributed by atoms with Crippen LogP contribution in [0.25, 0.3) is 0 Å². The first kappa shape index (κ1) is 15.0. The summed E-state index contributed by atoms with van der Waals surface area (Å²) in [5.41, 5.74) is 0.240. The van der Waals surface area contributed by atoms with E-state index in [4.69, 9.17) is 4.74 Å². The highest BCUT2D eigenvalue weighted by Gasteiger charge is 2.54. The first-order valence-corrected chi connectivity index (χ1v) is 8.36. The van der Waals surface area contributed by atoms with Crippen LogP contribution in [0.3, 0.4) is 0 Å². The van der Waals surface area contributed by atoms with Crippen molar-refractivity contribution < 1.29 is 9.53 Å². The number of ether oxygens (including phenoxy) is 1. The number of carbonyl (C=O) groups excluding carboxylic acids is 1. The molecule has 2 heterocycles. The molecule has 21 heavy (non-hydrogen) atoms. The van der Waals surface area contributed by atoms with E-state index in [1.807, 2.05) is 18.2 Å². The molecule has 1 aromatic carbocycles. The van der Waals surface area contributed by atoms with Gasteiger partial charge in [0.2, 0.25) is 0 Å². The lowest BCUT2D eigenvalue weighted by Gasteiger charge is -2.50. The maximum atomic E-state index is 13.2. The second-order valence-electron chi connectivity index (χ2n) is 7.22. The standard InChI is InChI=1S/C17H22BrNO2/c1-16(2,3)15-14(20)12-10-11(18)4-5-13(12)21-17(15)6-8-19-9-7-17/h4-5,10,15,19H,6-9H2,1-3H3. The van der Waals surface area contributed by atoms with Gasteiger partial charge in [-0.3, -0.25) is 4.79 Å². The zero-order chi connectivity index (χ0) is 15.3. The number of nitrogens with one attached hydrogen (secondary N) is 1. The van der Waals surface area contributed by atoms with Crippen LogP contribution in [0.5, 0.6) is 5.75 Å². The Balaban J connectivity index is 2.13. The molecular formula is C17H22BrNO2. The van der Waals surface area contributed by atoms with Crippen molar-refractivity contribution in [3.8, 4) is 5.75 Å². The van der Waals surface area contributed by atoms with E-state index in [0.29, 0.717) is 5.56 Å². The lowest BCUT2D eigenvalue weighted by atomic mass is 9.63. The number of piperidine rings is 1. The van der Waals surface area contributed by atoms with Gasteiger partial charge in [0.15, 0.2) is 5.78 Å². The largest absolute Gasteiger partial charge is 0.486 e. The molecule has 1 fully saturated rings. The molecule has 0 saturated carbocycles. The molecule has 4 heteroatoms. The van der Waals surface area contributed by atoms with Gasteiger partial charge in [-0.1, -0.05) is 36.7 Å². The molecule has 1 unspecified atom stereocenters. The number of carbonyl (C=O) groups is 1. The quantitative estimate of drug-likeness (QED) is 0.772. The van der Waals surface area contributed by atoms with Crippen LogP contribution in [-0.4, -0.2) is 24.5 Å². The van der Waals surface area contributed by atoms with E-state index in [-0.39, 0.29) is 22.7 Å². The predicted octanol–water partition coefficient (Wildman–Crippen LogP) is 3.81. The van der Waals surface area contributed by atoms with Crippen molar-refractivity contribution >= 4 is 21.7 Å². The summed E-state index contributed by atoms with van der Waals surface area (Å²) < 4.78 is 7.37. The Labute approximate surface area is 134 Å². The number of hydrogen-bond acceptors (Lipinski definition) is 3. The fraction of sp³-hybridized carbons (Fsp3) is 0.588. The monoisotopic (exact) mass is 351 g/mol. The minimum atomic E-state index is -0.360. The third-order valence-electron chi connectivity index (χ3n) is 4.62. The van der Waals surface area contributed by atoms with Crippen LogP contribution >= 0.6 is 15.9 Å². The Morgan fingerprint density at radius 3 is 2.57 bits per heavy atom. The van der Waals surface area contributed by atoms with Crippen molar-refractivity contribution in [1.29, 1.82) is 0 Å². The van der Waals surface area contributed by atoms with Crippen molar-refractivity contribution in [2.24, 2.45) is 11.3 Å². The van der Waals surface area contributed by atoms with Crippen LogP contribution in [0.2, 0.25) is 0 Å². The van der Waals surface area contributed by atoms with Gasteiger partial charge >= 0.3 is 0 Å². The van der Waals surface area contributed by atoms with E-state index in [9.17, 15) is 4.79 Å². The highest BCUT2D eigenvalue weighted by atomic mass is 79.9. The SMILES string of the molecule is CC(C)(C)C1C(=O)c2cc(Br)ccc2OC12CCNCC2. The number of benzene rings is 1. The lowest BCUT2D eigenvalue weighted by Crippen LogP contribution is -2.59. The highest BCUT2D eigenvalue weighted by molar-refractivity contribution is 9.10. The first-order valence-electron chi connectivity index (χ1n) is 7.57. The number of Topliss-reactive ketones (excluding diaryl/α,β-unsaturated/α-hetero) is 1. The van der Waals surface area contributed by atoms with E-state index in [1.54, 1.807) is 0 Å². The molecule has 0 radical (unpaired) electrons. The minimum Gasteiger partial charge on any atom is -0.486 e. The molecule has 0 amide bonds. The predicted molar refractivity (Wildman–Crippen MR) is 86.9 cm³/mol. The summed E-state index contributed by atoms with van der Waals surface area (Å²) in [5.74, 6) is 0.867. The van der Waals surface area contributed by atoms with Crippen molar-refractivity contribution in [3.63, 3.8) is 0 Å². The molecule has 0 aromatic heterocycles. The first-order chi connectivity index (χ1) is 9.83. The van der Waals surface area contributed by atoms with Crippen molar-refractivity contribution in [3.05, 3.63) is 28.2 Å². The molecule has 1 aromatic rings. The van der Waals surface area contributed by atoms with E-state index in [1.165, 1.54) is 0 Å². The van der Waals surface area contributed by atoms with E-state index < -0.39 is 0 Å². The zero-order valence-electron chi connectivity index (χ0n) is 12.8. The number of fused-ring (bicyclic) bond motifs is 1. The fourth-order valence-corrected chi connectivity index (χ4v) is 4.24. The molecular weight excluding hydrogens is 330 g/mol. The van der Waals surface area contributed by atoms with Crippen LogP contribution in [0.4, 0.5) is 0 Å². The van der Waals surface area contributed by atoms with Gasteiger partial charge in [-0.05, 0) is 36.7 Å². The molecule has 1 N–H and O–H groups in total. The van der Waals surface area contributed by atoms with Crippen LogP contribution in [0, 0.1) is 11.3 Å². The fourth-order valence-electron chi connectivity index (χ4n) is 3.88. The van der Waals surface area contributed by atoms with Crippen LogP contribution in [0.1, 0.15) is 44.0 Å². The maximum absolute atomic E-state index is 13.2. The molecule has 3 nitrogen and oxygen atoms in total. The Hall–Kier alpha value is -0.870. The lowest BCUT2D eigenvalue weighted by molar-refractivity contribution is -0.0548. The number of rotatable bonds is 0. The topological polar surface area (TPSA) is 38.3 Å². The third kappa shape index (κ3) is 2.53. The highest BCUT2D eigenvalue weighted by Crippen LogP contribution is 2.49. The van der Waals surface area contributed by atoms with Crippen LogP contribution < -0.4 is 10.1 Å². The van der Waals surface area contributed by atoms with Gasteiger partial charge in [0.25, 0.3) is 0 Å². The third-order valence-corrected chi connectivity index (χ3v) is 5.12. The Morgan fingerprint density at radius 1 is 1.29 bits per heavy atom. The molecule has 0 aliphatic carbocycles. The van der Waals surface area contributed by atoms with E-state index in [0.717, 1.165) is 36.2 Å². The molecule has 2 aliphatic rings. The minimum absolute atomic E-state index is 0.103. The van der Waals surface area contributed by atoms with Crippen molar-refractivity contribution in [2.75, 3.05) is 13.1 Å². The molecule has 1 saturated heterocycles. The second-order valence-corrected chi connectivity index (χ2v) is 8.14. The average molecular weight is 352 g/mol. The smallest absolute Gasteiger partial charge is 0.174 e. The van der Waals surface area contributed by atoms with E-state index in [2.05, 4.69) is 42.0 Å². The molecule has 3 rings (SSSR count). The summed E-state index contributed by atoms with van der Waals surface area (Å²) in [6, 6.07) is 5.75. The van der Waals surface area contributed by atoms with Gasteiger partial charge in [-0.2, -0.15) is 0 Å². The Bertz CT molecular complexity index is 571. The van der Waals surface area contributed by atoms with Gasteiger partial charge in [-0.15, -0.1) is 0 Å². The van der Waals surface area contributed by atoms with E-state index >= 15 is 0 Å². The number of hydrogen-bond donors (Lipinski definition) is 1. The van der Waals surface area contributed by atoms with Gasteiger partial charge < -0.3 is 10.1 Å². The summed E-state index contributed by atoms with van der Waals surface area (Å²) in [4.78, 5) is 13.2.